The molecule has 1 aromatic carbocycles. The highest BCUT2D eigenvalue weighted by Crippen LogP contribution is 2.50. The van der Waals surface area contributed by atoms with E-state index in [4.69, 9.17) is 17.3 Å². The van der Waals surface area contributed by atoms with Crippen molar-refractivity contribution in [1.29, 1.82) is 0 Å². The lowest BCUT2D eigenvalue weighted by molar-refractivity contribution is 0.632. The zero-order valence-electron chi connectivity index (χ0n) is 7.70. The van der Waals surface area contributed by atoms with Crippen LogP contribution in [0.2, 0.25) is 5.02 Å². The smallest absolute Gasteiger partial charge is 0.0440 e. The molecule has 2 rings (SSSR count). The van der Waals surface area contributed by atoms with Gasteiger partial charge in [-0.15, -0.1) is 0 Å². The standard InChI is InChI=1S/C11H14ClN/c1-7(13)9-6-10(9)8-4-2-3-5-11(8)12/h2-5,7,9-10H,6,13H2,1H3/t7-,9+,10+/m0/s1. The maximum atomic E-state index is 6.09. The van der Waals surface area contributed by atoms with Gasteiger partial charge in [-0.2, -0.15) is 0 Å². The highest BCUT2D eigenvalue weighted by atomic mass is 35.5. The van der Waals surface area contributed by atoms with E-state index >= 15 is 0 Å². The minimum absolute atomic E-state index is 0.293. The topological polar surface area (TPSA) is 26.0 Å². The Morgan fingerprint density at radius 3 is 2.69 bits per heavy atom. The molecular formula is C11H14ClN. The van der Waals surface area contributed by atoms with Crippen LogP contribution in [0, 0.1) is 5.92 Å². The van der Waals surface area contributed by atoms with Gasteiger partial charge in [-0.25, -0.2) is 0 Å². The van der Waals surface area contributed by atoms with E-state index in [-0.39, 0.29) is 0 Å². The van der Waals surface area contributed by atoms with Crippen molar-refractivity contribution >= 4 is 11.6 Å². The van der Waals surface area contributed by atoms with Gasteiger partial charge in [0, 0.05) is 11.1 Å². The van der Waals surface area contributed by atoms with Crippen LogP contribution in [-0.2, 0) is 0 Å². The van der Waals surface area contributed by atoms with E-state index in [2.05, 4.69) is 13.0 Å². The third-order valence-corrected chi connectivity index (χ3v) is 3.16. The average molecular weight is 196 g/mol. The Hall–Kier alpha value is -0.530. The molecule has 1 saturated carbocycles. The average Bonchev–Trinajstić information content (AvgIpc) is 2.84. The lowest BCUT2D eigenvalue weighted by atomic mass is 10.1. The van der Waals surface area contributed by atoms with E-state index in [1.807, 2.05) is 18.2 Å². The Kier molecular flexibility index (Phi) is 2.31. The molecular weight excluding hydrogens is 182 g/mol. The molecule has 0 heterocycles. The zero-order chi connectivity index (χ0) is 9.42. The second-order valence-corrected chi connectivity index (χ2v) is 4.29. The van der Waals surface area contributed by atoms with Crippen LogP contribution in [0.5, 0.6) is 0 Å². The first kappa shape index (κ1) is 9.04. The molecule has 1 aliphatic carbocycles. The molecule has 1 nitrogen and oxygen atoms in total. The number of hydrogen-bond acceptors (Lipinski definition) is 1. The summed E-state index contributed by atoms with van der Waals surface area (Å²) in [6, 6.07) is 8.36. The van der Waals surface area contributed by atoms with Crippen LogP contribution in [-0.4, -0.2) is 6.04 Å². The van der Waals surface area contributed by atoms with E-state index < -0.39 is 0 Å². The summed E-state index contributed by atoms with van der Waals surface area (Å²) in [4.78, 5) is 0. The molecule has 13 heavy (non-hydrogen) atoms. The first-order chi connectivity index (χ1) is 6.20. The van der Waals surface area contributed by atoms with Crippen molar-refractivity contribution in [3.05, 3.63) is 34.9 Å². The molecule has 0 bridgehead atoms. The molecule has 0 unspecified atom stereocenters. The SMILES string of the molecule is C[C@H](N)[C@H]1C[C@@H]1c1ccccc1Cl. The monoisotopic (exact) mass is 195 g/mol. The van der Waals surface area contributed by atoms with Crippen molar-refractivity contribution in [2.24, 2.45) is 11.7 Å². The summed E-state index contributed by atoms with van der Waals surface area (Å²) in [6.07, 6.45) is 1.20. The van der Waals surface area contributed by atoms with E-state index in [1.165, 1.54) is 12.0 Å². The van der Waals surface area contributed by atoms with Gasteiger partial charge >= 0.3 is 0 Å². The van der Waals surface area contributed by atoms with Crippen LogP contribution >= 0.6 is 11.6 Å². The number of rotatable bonds is 2. The molecule has 0 saturated heterocycles. The predicted octanol–water partition coefficient (Wildman–Crippen LogP) is 2.79. The number of halogens is 1. The molecule has 0 radical (unpaired) electrons. The van der Waals surface area contributed by atoms with Gasteiger partial charge in [-0.05, 0) is 36.8 Å². The van der Waals surface area contributed by atoms with Crippen molar-refractivity contribution in [3.63, 3.8) is 0 Å². The van der Waals surface area contributed by atoms with Crippen LogP contribution in [0.15, 0.2) is 24.3 Å². The van der Waals surface area contributed by atoms with Gasteiger partial charge in [-0.3, -0.25) is 0 Å². The molecule has 2 heteroatoms. The molecule has 0 aromatic heterocycles. The molecule has 0 aliphatic heterocycles. The Labute approximate surface area is 83.9 Å². The summed E-state index contributed by atoms with van der Waals surface area (Å²) < 4.78 is 0. The first-order valence-electron chi connectivity index (χ1n) is 4.70. The minimum Gasteiger partial charge on any atom is -0.328 e. The molecule has 70 valence electrons. The Morgan fingerprint density at radius 2 is 2.15 bits per heavy atom. The second kappa shape index (κ2) is 3.32. The summed E-state index contributed by atoms with van der Waals surface area (Å²) in [7, 11) is 0. The van der Waals surface area contributed by atoms with Gasteiger partial charge in [0.25, 0.3) is 0 Å². The quantitative estimate of drug-likeness (QED) is 0.772. The summed E-state index contributed by atoms with van der Waals surface area (Å²) in [6.45, 7) is 2.07. The first-order valence-corrected chi connectivity index (χ1v) is 5.08. The molecule has 0 spiro atoms. The third-order valence-electron chi connectivity index (χ3n) is 2.82. The normalized spacial score (nSPS) is 28.5. The van der Waals surface area contributed by atoms with E-state index in [1.54, 1.807) is 0 Å². The van der Waals surface area contributed by atoms with Gasteiger partial charge in [0.2, 0.25) is 0 Å². The van der Waals surface area contributed by atoms with Crippen molar-refractivity contribution in [3.8, 4) is 0 Å². The predicted molar refractivity (Wildman–Crippen MR) is 55.9 cm³/mol. The molecule has 1 aromatic rings. The van der Waals surface area contributed by atoms with Gasteiger partial charge < -0.3 is 5.73 Å². The molecule has 3 atom stereocenters. The fourth-order valence-electron chi connectivity index (χ4n) is 1.93. The van der Waals surface area contributed by atoms with Crippen LogP contribution in [0.4, 0.5) is 0 Å². The Balaban J connectivity index is 2.16. The number of benzene rings is 1. The molecule has 1 aliphatic rings. The molecule has 0 amide bonds. The molecule has 1 fully saturated rings. The summed E-state index contributed by atoms with van der Waals surface area (Å²) in [5, 5.41) is 0.885. The van der Waals surface area contributed by atoms with Gasteiger partial charge in [-0.1, -0.05) is 29.8 Å². The lowest BCUT2D eigenvalue weighted by Crippen LogP contribution is -2.17. The molecule has 2 N–H and O–H groups in total. The lowest BCUT2D eigenvalue weighted by Gasteiger charge is -2.05. The van der Waals surface area contributed by atoms with E-state index in [0.29, 0.717) is 17.9 Å². The van der Waals surface area contributed by atoms with Crippen molar-refractivity contribution in [2.45, 2.75) is 25.3 Å². The fraction of sp³-hybridized carbons (Fsp3) is 0.455. The van der Waals surface area contributed by atoms with Crippen LogP contribution < -0.4 is 5.73 Å². The number of nitrogens with two attached hydrogens (primary N) is 1. The highest BCUT2D eigenvalue weighted by molar-refractivity contribution is 6.31. The third kappa shape index (κ3) is 1.72. The summed E-state index contributed by atoms with van der Waals surface area (Å²) in [5.74, 6) is 1.24. The van der Waals surface area contributed by atoms with Crippen molar-refractivity contribution < 1.29 is 0 Å². The van der Waals surface area contributed by atoms with E-state index in [0.717, 1.165) is 5.02 Å². The zero-order valence-corrected chi connectivity index (χ0v) is 8.46. The van der Waals surface area contributed by atoms with Gasteiger partial charge in [0.1, 0.15) is 0 Å². The van der Waals surface area contributed by atoms with Crippen molar-refractivity contribution in [2.75, 3.05) is 0 Å². The minimum atomic E-state index is 0.293. The van der Waals surface area contributed by atoms with Gasteiger partial charge in [0.15, 0.2) is 0 Å². The summed E-state index contributed by atoms with van der Waals surface area (Å²) in [5.41, 5.74) is 7.10. The Bertz CT molecular complexity index is 309. The van der Waals surface area contributed by atoms with Gasteiger partial charge in [0.05, 0.1) is 0 Å². The maximum Gasteiger partial charge on any atom is 0.0440 e. The highest BCUT2D eigenvalue weighted by Gasteiger charge is 2.41. The summed E-state index contributed by atoms with van der Waals surface area (Å²) >= 11 is 6.09. The maximum absolute atomic E-state index is 6.09. The van der Waals surface area contributed by atoms with Crippen LogP contribution in [0.25, 0.3) is 0 Å². The van der Waals surface area contributed by atoms with Crippen LogP contribution in [0.3, 0.4) is 0 Å². The van der Waals surface area contributed by atoms with Crippen molar-refractivity contribution in [1.82, 2.24) is 0 Å². The fourth-order valence-corrected chi connectivity index (χ4v) is 2.21. The van der Waals surface area contributed by atoms with Crippen LogP contribution in [0.1, 0.15) is 24.8 Å². The van der Waals surface area contributed by atoms with E-state index in [9.17, 15) is 0 Å². The number of hydrogen-bond donors (Lipinski definition) is 1. The largest absolute Gasteiger partial charge is 0.328 e. The Morgan fingerprint density at radius 1 is 1.46 bits per heavy atom. The second-order valence-electron chi connectivity index (χ2n) is 3.89.